The second-order valence-electron chi connectivity index (χ2n) is 9.42. The van der Waals surface area contributed by atoms with E-state index in [1.54, 1.807) is 18.2 Å². The standard InChI is InChI=1S/C26H32O14/c27-9-16-18(31)20(33)22(35)25(38-16)37-14-5-2-11(3-6-14)1-4-12-7-13(29)8-15(30)24(12)40-26-23(36)21(34)19(32)17(10-28)39-26/h1-8,16-23,25-36H,9-10H2/b4-1+/t16-,17-,18-,19-,20+,21+,22-,23-,25-,26+/m1/s1. The van der Waals surface area contributed by atoms with E-state index in [9.17, 15) is 51.1 Å². The topological polar surface area (TPSA) is 239 Å². The zero-order valence-corrected chi connectivity index (χ0v) is 20.9. The van der Waals surface area contributed by atoms with Crippen molar-refractivity contribution in [1.82, 2.24) is 0 Å². The number of aliphatic hydroxyl groups excluding tert-OH is 8. The quantitative estimate of drug-likeness (QED) is 0.150. The number of rotatable bonds is 8. The Bertz CT molecular complexity index is 1150. The lowest BCUT2D eigenvalue weighted by Crippen LogP contribution is -2.60. The molecule has 2 aliphatic heterocycles. The van der Waals surface area contributed by atoms with Gasteiger partial charge in [-0.25, -0.2) is 0 Å². The van der Waals surface area contributed by atoms with Gasteiger partial charge in [0.25, 0.3) is 0 Å². The third kappa shape index (κ3) is 6.31. The number of benzene rings is 2. The number of aromatic hydroxyl groups is 2. The summed E-state index contributed by atoms with van der Waals surface area (Å²) in [4.78, 5) is 0. The minimum absolute atomic E-state index is 0.149. The average Bonchev–Trinajstić information content (AvgIpc) is 2.94. The van der Waals surface area contributed by atoms with Gasteiger partial charge in [0.15, 0.2) is 11.5 Å². The van der Waals surface area contributed by atoms with Crippen LogP contribution in [-0.4, -0.2) is 126 Å². The molecule has 0 unspecified atom stereocenters. The summed E-state index contributed by atoms with van der Waals surface area (Å²) in [5.74, 6) is -0.800. The Morgan fingerprint density at radius 3 is 1.70 bits per heavy atom. The molecule has 2 fully saturated rings. The molecule has 4 rings (SSSR count). The highest BCUT2D eigenvalue weighted by Crippen LogP contribution is 2.38. The highest BCUT2D eigenvalue weighted by molar-refractivity contribution is 5.75. The van der Waals surface area contributed by atoms with E-state index in [-0.39, 0.29) is 22.8 Å². The van der Waals surface area contributed by atoms with Crippen LogP contribution < -0.4 is 9.47 Å². The van der Waals surface area contributed by atoms with Crippen molar-refractivity contribution in [1.29, 1.82) is 0 Å². The lowest BCUT2D eigenvalue weighted by atomic mass is 9.99. The maximum atomic E-state index is 10.4. The molecule has 10 atom stereocenters. The lowest BCUT2D eigenvalue weighted by Gasteiger charge is -2.39. The van der Waals surface area contributed by atoms with Crippen LogP contribution in [0.2, 0.25) is 0 Å². The Morgan fingerprint density at radius 1 is 0.650 bits per heavy atom. The Hall–Kier alpha value is -3.02. The number of hydrogen-bond acceptors (Lipinski definition) is 14. The second-order valence-corrected chi connectivity index (χ2v) is 9.42. The minimum atomic E-state index is -1.72. The van der Waals surface area contributed by atoms with Gasteiger partial charge in [0.05, 0.1) is 13.2 Å². The number of ether oxygens (including phenoxy) is 4. The Labute approximate surface area is 227 Å². The first kappa shape index (κ1) is 30.0. The van der Waals surface area contributed by atoms with Gasteiger partial charge in [0.2, 0.25) is 12.6 Å². The van der Waals surface area contributed by atoms with Crippen molar-refractivity contribution in [2.75, 3.05) is 13.2 Å². The van der Waals surface area contributed by atoms with Gasteiger partial charge in [-0.2, -0.15) is 0 Å². The highest BCUT2D eigenvalue weighted by Gasteiger charge is 2.46. The Balaban J connectivity index is 1.49. The predicted octanol–water partition coefficient (Wildman–Crippen LogP) is -2.37. The predicted molar refractivity (Wildman–Crippen MR) is 134 cm³/mol. The molecule has 2 aromatic carbocycles. The van der Waals surface area contributed by atoms with Crippen molar-refractivity contribution < 1.29 is 70.0 Å². The molecule has 2 aliphatic rings. The summed E-state index contributed by atoms with van der Waals surface area (Å²) in [6, 6.07) is 8.50. The van der Waals surface area contributed by atoms with E-state index >= 15 is 0 Å². The van der Waals surface area contributed by atoms with Gasteiger partial charge in [-0.1, -0.05) is 24.3 Å². The van der Waals surface area contributed by atoms with Crippen molar-refractivity contribution in [2.24, 2.45) is 0 Å². The molecule has 14 nitrogen and oxygen atoms in total. The van der Waals surface area contributed by atoms with Gasteiger partial charge < -0.3 is 70.0 Å². The minimum Gasteiger partial charge on any atom is -0.508 e. The van der Waals surface area contributed by atoms with Crippen LogP contribution in [0.4, 0.5) is 0 Å². The van der Waals surface area contributed by atoms with E-state index in [0.29, 0.717) is 5.56 Å². The molecule has 2 aromatic rings. The molecule has 0 amide bonds. The monoisotopic (exact) mass is 568 g/mol. The fourth-order valence-corrected chi connectivity index (χ4v) is 4.30. The first-order valence-corrected chi connectivity index (χ1v) is 12.3. The van der Waals surface area contributed by atoms with Crippen molar-refractivity contribution >= 4 is 12.2 Å². The Morgan fingerprint density at radius 2 is 1.18 bits per heavy atom. The van der Waals surface area contributed by atoms with Crippen molar-refractivity contribution in [3.05, 3.63) is 47.5 Å². The molecule has 0 bridgehead atoms. The third-order valence-electron chi connectivity index (χ3n) is 6.60. The maximum absolute atomic E-state index is 10.4. The van der Waals surface area contributed by atoms with Gasteiger partial charge in [-0.05, 0) is 23.8 Å². The van der Waals surface area contributed by atoms with Crippen LogP contribution in [0.5, 0.6) is 23.0 Å². The molecule has 0 spiro atoms. The van der Waals surface area contributed by atoms with E-state index in [4.69, 9.17) is 18.9 Å². The molecular weight excluding hydrogens is 536 g/mol. The van der Waals surface area contributed by atoms with Crippen molar-refractivity contribution in [2.45, 2.75) is 61.4 Å². The SMILES string of the molecule is OC[C@H]1O[C@@H](Oc2ccc(/C=C/c3cc(O)cc(O)c3O[C@@H]3O[C@H](CO)[C@@H](O)[C@H](O)[C@H]3O)cc2)[C@H](O)[C@@H](O)[C@@H]1O. The average molecular weight is 569 g/mol. The lowest BCUT2D eigenvalue weighted by molar-refractivity contribution is -0.277. The first-order valence-electron chi connectivity index (χ1n) is 12.3. The molecule has 2 saturated heterocycles. The molecule has 220 valence electrons. The second kappa shape index (κ2) is 12.7. The number of phenolic OH excluding ortho intramolecular Hbond substituents is 2. The fourth-order valence-electron chi connectivity index (χ4n) is 4.30. The van der Waals surface area contributed by atoms with Crippen molar-refractivity contribution in [3.8, 4) is 23.0 Å². The van der Waals surface area contributed by atoms with Gasteiger partial charge in [0, 0.05) is 11.6 Å². The molecule has 40 heavy (non-hydrogen) atoms. The van der Waals surface area contributed by atoms with E-state index in [2.05, 4.69) is 0 Å². The molecule has 14 heteroatoms. The molecule has 0 radical (unpaired) electrons. The molecule has 0 saturated carbocycles. The smallest absolute Gasteiger partial charge is 0.229 e. The normalized spacial score (nSPS) is 34.6. The van der Waals surface area contributed by atoms with Crippen LogP contribution in [0.1, 0.15) is 11.1 Å². The fraction of sp³-hybridized carbons (Fsp3) is 0.462. The number of phenols is 2. The van der Waals surface area contributed by atoms with Gasteiger partial charge >= 0.3 is 0 Å². The van der Waals surface area contributed by atoms with Crippen LogP contribution in [0.25, 0.3) is 12.2 Å². The molecule has 2 heterocycles. The van der Waals surface area contributed by atoms with Gasteiger partial charge in [-0.15, -0.1) is 0 Å². The summed E-state index contributed by atoms with van der Waals surface area (Å²) in [6.45, 7) is -1.27. The van der Waals surface area contributed by atoms with Crippen LogP contribution in [-0.2, 0) is 9.47 Å². The zero-order chi connectivity index (χ0) is 29.1. The van der Waals surface area contributed by atoms with Crippen LogP contribution in [0.15, 0.2) is 36.4 Å². The van der Waals surface area contributed by atoms with E-state index < -0.39 is 80.4 Å². The molecule has 0 aromatic heterocycles. The zero-order valence-electron chi connectivity index (χ0n) is 20.9. The summed E-state index contributed by atoms with van der Waals surface area (Å²) in [6.07, 6.45) is -11.9. The van der Waals surface area contributed by atoms with E-state index in [1.807, 2.05) is 0 Å². The molecule has 10 N–H and O–H groups in total. The molecular formula is C26H32O14. The first-order chi connectivity index (χ1) is 19.0. The number of hydrogen-bond donors (Lipinski definition) is 10. The summed E-state index contributed by atoms with van der Waals surface area (Å²) in [5.41, 5.74) is 0.749. The Kier molecular flexibility index (Phi) is 9.48. The van der Waals surface area contributed by atoms with Gasteiger partial charge in [-0.3, -0.25) is 0 Å². The summed E-state index contributed by atoms with van der Waals surface area (Å²) < 4.78 is 21.8. The summed E-state index contributed by atoms with van der Waals surface area (Å²) in [7, 11) is 0. The van der Waals surface area contributed by atoms with Crippen LogP contribution >= 0.6 is 0 Å². The molecule has 0 aliphatic carbocycles. The van der Waals surface area contributed by atoms with Gasteiger partial charge in [0.1, 0.15) is 60.3 Å². The van der Waals surface area contributed by atoms with Crippen LogP contribution in [0.3, 0.4) is 0 Å². The summed E-state index contributed by atoms with van der Waals surface area (Å²) in [5, 5.41) is 99.3. The summed E-state index contributed by atoms with van der Waals surface area (Å²) >= 11 is 0. The third-order valence-corrected chi connectivity index (χ3v) is 6.60. The maximum Gasteiger partial charge on any atom is 0.229 e. The van der Waals surface area contributed by atoms with E-state index in [0.717, 1.165) is 6.07 Å². The van der Waals surface area contributed by atoms with E-state index in [1.165, 1.54) is 24.3 Å². The number of aliphatic hydroxyl groups is 8. The van der Waals surface area contributed by atoms with Crippen molar-refractivity contribution in [3.63, 3.8) is 0 Å². The highest BCUT2D eigenvalue weighted by atomic mass is 16.7. The van der Waals surface area contributed by atoms with Crippen LogP contribution in [0, 0.1) is 0 Å². The largest absolute Gasteiger partial charge is 0.508 e.